The number of rotatable bonds is 7. The van der Waals surface area contributed by atoms with E-state index in [1.54, 1.807) is 11.8 Å². The van der Waals surface area contributed by atoms with Crippen molar-refractivity contribution in [2.45, 2.75) is 52.1 Å². The molecule has 1 aliphatic rings. The van der Waals surface area contributed by atoms with Crippen molar-refractivity contribution in [2.24, 2.45) is 0 Å². The van der Waals surface area contributed by atoms with Gasteiger partial charge in [-0.05, 0) is 31.9 Å². The average Bonchev–Trinajstić information content (AvgIpc) is 3.11. The molecule has 0 aliphatic carbocycles. The summed E-state index contributed by atoms with van der Waals surface area (Å²) in [4.78, 5) is 26.4. The van der Waals surface area contributed by atoms with Gasteiger partial charge in [0.25, 0.3) is 5.91 Å². The molecule has 27 heavy (non-hydrogen) atoms. The molecule has 144 valence electrons. The maximum Gasteiger partial charge on any atom is 0.267 e. The minimum Gasteiger partial charge on any atom is -0.479 e. The number of para-hydroxylation sites is 2. The van der Waals surface area contributed by atoms with Crippen LogP contribution in [0.5, 0.6) is 5.75 Å². The summed E-state index contributed by atoms with van der Waals surface area (Å²) >= 11 is 1.41. The van der Waals surface area contributed by atoms with Gasteiger partial charge in [0, 0.05) is 18.9 Å². The molecule has 0 radical (unpaired) electrons. The Morgan fingerprint density at radius 3 is 2.78 bits per heavy atom. The lowest BCUT2D eigenvalue weighted by Gasteiger charge is -2.32. The number of nitrogens with one attached hydrogen (secondary N) is 1. The lowest BCUT2D eigenvalue weighted by atomic mass is 10.1. The van der Waals surface area contributed by atoms with Crippen molar-refractivity contribution in [3.05, 3.63) is 29.3 Å². The van der Waals surface area contributed by atoms with Crippen LogP contribution >= 0.6 is 11.3 Å². The lowest BCUT2D eigenvalue weighted by molar-refractivity contribution is -0.125. The second kappa shape index (κ2) is 8.47. The largest absolute Gasteiger partial charge is 0.479 e. The highest BCUT2D eigenvalue weighted by Crippen LogP contribution is 2.33. The molecule has 1 unspecified atom stereocenters. The van der Waals surface area contributed by atoms with E-state index >= 15 is 0 Å². The number of hydrogen-bond acceptors (Lipinski definition) is 6. The Balaban J connectivity index is 1.62. The number of amides is 2. The quantitative estimate of drug-likeness (QED) is 0.784. The molecule has 2 amide bonds. The minimum absolute atomic E-state index is 0.145. The third-order valence-corrected chi connectivity index (χ3v) is 5.66. The van der Waals surface area contributed by atoms with Gasteiger partial charge in [0.1, 0.15) is 10.8 Å². The standard InChI is InChI=1S/C19H24N4O3S/c1-4-13(5-2)17-21-22-19(27-17)20-16(24)10-11-23-14-8-6-7-9-15(14)26-12(3)18(23)25/h6-9,12-13H,4-5,10-11H2,1-3H3,(H,20,22,24). The van der Waals surface area contributed by atoms with Gasteiger partial charge in [-0.1, -0.05) is 37.3 Å². The smallest absolute Gasteiger partial charge is 0.267 e. The van der Waals surface area contributed by atoms with Crippen LogP contribution in [-0.4, -0.2) is 34.7 Å². The zero-order chi connectivity index (χ0) is 19.4. The molecular formula is C19H24N4O3S. The fraction of sp³-hybridized carbons (Fsp3) is 0.474. The Morgan fingerprint density at radius 2 is 2.04 bits per heavy atom. The molecule has 2 heterocycles. The summed E-state index contributed by atoms with van der Waals surface area (Å²) in [5, 5.41) is 12.5. The van der Waals surface area contributed by atoms with Gasteiger partial charge in [-0.3, -0.25) is 9.59 Å². The van der Waals surface area contributed by atoms with Crippen LogP contribution in [0.25, 0.3) is 0 Å². The van der Waals surface area contributed by atoms with Crippen LogP contribution in [0.3, 0.4) is 0 Å². The van der Waals surface area contributed by atoms with Gasteiger partial charge < -0.3 is 15.0 Å². The molecule has 1 aromatic heterocycles. The SMILES string of the molecule is CCC(CC)c1nnc(NC(=O)CCN2C(=O)C(C)Oc3ccccc32)s1. The van der Waals surface area contributed by atoms with Crippen molar-refractivity contribution in [1.29, 1.82) is 0 Å². The van der Waals surface area contributed by atoms with E-state index in [4.69, 9.17) is 4.74 Å². The summed E-state index contributed by atoms with van der Waals surface area (Å²) in [6.45, 7) is 6.23. The first kappa shape index (κ1) is 19.3. The predicted molar refractivity (Wildman–Crippen MR) is 105 cm³/mol. The first-order valence-corrected chi connectivity index (χ1v) is 10.0. The van der Waals surface area contributed by atoms with Gasteiger partial charge in [-0.2, -0.15) is 0 Å². The number of hydrogen-bond donors (Lipinski definition) is 1. The van der Waals surface area contributed by atoms with Crippen LogP contribution in [-0.2, 0) is 9.59 Å². The van der Waals surface area contributed by atoms with Gasteiger partial charge in [-0.25, -0.2) is 0 Å². The molecule has 1 atom stereocenters. The summed E-state index contributed by atoms with van der Waals surface area (Å²) in [6.07, 6.45) is 1.60. The van der Waals surface area contributed by atoms with E-state index in [1.807, 2.05) is 24.3 Å². The van der Waals surface area contributed by atoms with E-state index in [1.165, 1.54) is 11.3 Å². The van der Waals surface area contributed by atoms with E-state index < -0.39 is 6.10 Å². The van der Waals surface area contributed by atoms with Gasteiger partial charge in [0.05, 0.1) is 5.69 Å². The monoisotopic (exact) mass is 388 g/mol. The van der Waals surface area contributed by atoms with E-state index in [9.17, 15) is 9.59 Å². The number of benzene rings is 1. The summed E-state index contributed by atoms with van der Waals surface area (Å²) in [5.74, 6) is 0.696. The topological polar surface area (TPSA) is 84.4 Å². The number of aromatic nitrogens is 2. The van der Waals surface area contributed by atoms with Crippen molar-refractivity contribution >= 4 is 34.0 Å². The number of fused-ring (bicyclic) bond motifs is 1. The minimum atomic E-state index is -0.561. The van der Waals surface area contributed by atoms with Crippen LogP contribution in [0, 0.1) is 0 Å². The van der Waals surface area contributed by atoms with Crippen molar-refractivity contribution in [3.8, 4) is 5.75 Å². The van der Waals surface area contributed by atoms with E-state index in [0.29, 0.717) is 22.5 Å². The Labute approximate surface area is 162 Å². The predicted octanol–water partition coefficient (Wildman–Crippen LogP) is 3.58. The Bertz CT molecular complexity index is 819. The van der Waals surface area contributed by atoms with Gasteiger partial charge in [0.2, 0.25) is 11.0 Å². The summed E-state index contributed by atoms with van der Waals surface area (Å²) < 4.78 is 5.61. The third kappa shape index (κ3) is 4.27. The molecule has 2 aromatic rings. The van der Waals surface area contributed by atoms with Crippen molar-refractivity contribution in [2.75, 3.05) is 16.8 Å². The fourth-order valence-corrected chi connectivity index (χ4v) is 4.10. The molecule has 3 rings (SSSR count). The Morgan fingerprint density at radius 1 is 1.30 bits per heavy atom. The normalized spacial score (nSPS) is 16.2. The zero-order valence-corrected chi connectivity index (χ0v) is 16.6. The summed E-state index contributed by atoms with van der Waals surface area (Å²) in [7, 11) is 0. The van der Waals surface area contributed by atoms with Crippen LogP contribution in [0.2, 0.25) is 0 Å². The second-order valence-electron chi connectivity index (χ2n) is 6.47. The van der Waals surface area contributed by atoms with Crippen molar-refractivity contribution in [1.82, 2.24) is 10.2 Å². The second-order valence-corrected chi connectivity index (χ2v) is 7.48. The van der Waals surface area contributed by atoms with Crippen molar-refractivity contribution < 1.29 is 14.3 Å². The Kier molecular flexibility index (Phi) is 6.05. The molecule has 0 saturated carbocycles. The Hall–Kier alpha value is -2.48. The number of nitrogens with zero attached hydrogens (tertiary/aromatic N) is 3. The maximum absolute atomic E-state index is 12.5. The summed E-state index contributed by atoms with van der Waals surface area (Å²) in [6, 6.07) is 7.36. The maximum atomic E-state index is 12.5. The van der Waals surface area contributed by atoms with Crippen molar-refractivity contribution in [3.63, 3.8) is 0 Å². The zero-order valence-electron chi connectivity index (χ0n) is 15.8. The van der Waals surface area contributed by atoms with E-state index in [2.05, 4.69) is 29.4 Å². The van der Waals surface area contributed by atoms with Crippen LogP contribution in [0.1, 0.15) is 51.0 Å². The highest BCUT2D eigenvalue weighted by molar-refractivity contribution is 7.15. The van der Waals surface area contributed by atoms with Crippen LogP contribution < -0.4 is 15.0 Å². The summed E-state index contributed by atoms with van der Waals surface area (Å²) in [5.41, 5.74) is 0.695. The van der Waals surface area contributed by atoms with E-state index in [0.717, 1.165) is 17.8 Å². The molecule has 8 heteroatoms. The lowest BCUT2D eigenvalue weighted by Crippen LogP contribution is -2.45. The van der Waals surface area contributed by atoms with Gasteiger partial charge in [-0.15, -0.1) is 10.2 Å². The molecule has 7 nitrogen and oxygen atoms in total. The highest BCUT2D eigenvalue weighted by Gasteiger charge is 2.31. The molecular weight excluding hydrogens is 364 g/mol. The fourth-order valence-electron chi connectivity index (χ4n) is 3.07. The first-order valence-electron chi connectivity index (χ1n) is 9.23. The third-order valence-electron chi connectivity index (χ3n) is 4.66. The number of anilines is 2. The number of ether oxygens (including phenoxy) is 1. The number of carbonyl (C=O) groups excluding carboxylic acids is 2. The molecule has 1 aromatic carbocycles. The number of carbonyl (C=O) groups is 2. The molecule has 1 aliphatic heterocycles. The van der Waals surface area contributed by atoms with Crippen LogP contribution in [0.15, 0.2) is 24.3 Å². The first-order chi connectivity index (χ1) is 13.0. The van der Waals surface area contributed by atoms with Crippen LogP contribution in [0.4, 0.5) is 10.8 Å². The average molecular weight is 388 g/mol. The van der Waals surface area contributed by atoms with E-state index in [-0.39, 0.29) is 24.8 Å². The molecule has 0 saturated heterocycles. The highest BCUT2D eigenvalue weighted by atomic mass is 32.1. The van der Waals surface area contributed by atoms with Gasteiger partial charge >= 0.3 is 0 Å². The molecule has 0 spiro atoms. The molecule has 0 fully saturated rings. The van der Waals surface area contributed by atoms with Gasteiger partial charge in [0.15, 0.2) is 6.10 Å². The molecule has 0 bridgehead atoms. The molecule has 1 N–H and O–H groups in total.